The van der Waals surface area contributed by atoms with E-state index in [4.69, 9.17) is 0 Å². The number of amides is 1. The predicted octanol–water partition coefficient (Wildman–Crippen LogP) is 2.22. The van der Waals surface area contributed by atoms with Crippen LogP contribution in [0.3, 0.4) is 0 Å². The summed E-state index contributed by atoms with van der Waals surface area (Å²) in [5.74, 6) is 0.158. The molecule has 0 radical (unpaired) electrons. The van der Waals surface area contributed by atoms with E-state index in [0.717, 1.165) is 39.0 Å². The summed E-state index contributed by atoms with van der Waals surface area (Å²) in [5, 5.41) is 6.15. The first-order valence-corrected chi connectivity index (χ1v) is 7.48. The molecule has 0 bridgehead atoms. The highest BCUT2D eigenvalue weighted by atomic mass is 35.5. The average molecular weight is 348 g/mol. The molecular weight excluding hydrogens is 321 g/mol. The van der Waals surface area contributed by atoms with Crippen molar-refractivity contribution in [2.45, 2.75) is 31.8 Å². The molecule has 1 amide bonds. The molecule has 1 fully saturated rings. The van der Waals surface area contributed by atoms with Crippen molar-refractivity contribution in [3.05, 3.63) is 35.9 Å². The molecule has 1 aliphatic rings. The third-order valence-electron chi connectivity index (χ3n) is 3.72. The van der Waals surface area contributed by atoms with E-state index in [2.05, 4.69) is 39.8 Å². The van der Waals surface area contributed by atoms with Gasteiger partial charge in [0.2, 0.25) is 5.91 Å². The molecule has 6 heteroatoms. The van der Waals surface area contributed by atoms with Crippen molar-refractivity contribution in [2.75, 3.05) is 26.7 Å². The van der Waals surface area contributed by atoms with E-state index in [1.807, 2.05) is 13.1 Å². The normalized spacial score (nSPS) is 18.0. The zero-order valence-corrected chi connectivity index (χ0v) is 14.7. The first-order valence-electron chi connectivity index (χ1n) is 7.48. The molecule has 1 atom stereocenters. The van der Waals surface area contributed by atoms with Gasteiger partial charge in [-0.1, -0.05) is 30.3 Å². The van der Waals surface area contributed by atoms with Crippen LogP contribution in [0, 0.1) is 0 Å². The lowest BCUT2D eigenvalue weighted by Gasteiger charge is -2.33. The van der Waals surface area contributed by atoms with Gasteiger partial charge in [-0.3, -0.25) is 9.69 Å². The van der Waals surface area contributed by atoms with Gasteiger partial charge in [-0.15, -0.1) is 24.8 Å². The largest absolute Gasteiger partial charge is 0.352 e. The van der Waals surface area contributed by atoms with Crippen LogP contribution in [0.5, 0.6) is 0 Å². The maximum Gasteiger partial charge on any atom is 0.221 e. The summed E-state index contributed by atoms with van der Waals surface area (Å²) in [4.78, 5) is 14.2. The molecule has 0 aromatic heterocycles. The third kappa shape index (κ3) is 7.45. The second kappa shape index (κ2) is 11.7. The van der Waals surface area contributed by atoms with Gasteiger partial charge in [-0.25, -0.2) is 0 Å². The zero-order chi connectivity index (χ0) is 14.2. The van der Waals surface area contributed by atoms with Crippen LogP contribution >= 0.6 is 24.8 Å². The molecule has 1 aromatic carbocycles. The van der Waals surface area contributed by atoms with Crippen LogP contribution in [-0.4, -0.2) is 43.5 Å². The Labute approximate surface area is 145 Å². The summed E-state index contributed by atoms with van der Waals surface area (Å²) >= 11 is 0. The Morgan fingerprint density at radius 2 is 2.00 bits per heavy atom. The van der Waals surface area contributed by atoms with Crippen molar-refractivity contribution in [3.63, 3.8) is 0 Å². The SMILES string of the molecule is CNCCC(=O)NC1CCCN(Cc2ccccc2)C1.Cl.Cl. The first kappa shape index (κ1) is 21.2. The molecule has 0 saturated carbocycles. The van der Waals surface area contributed by atoms with Gasteiger partial charge in [-0.05, 0) is 32.0 Å². The number of hydrogen-bond donors (Lipinski definition) is 2. The molecule has 4 nitrogen and oxygen atoms in total. The molecule has 1 heterocycles. The van der Waals surface area contributed by atoms with E-state index in [1.165, 1.54) is 5.56 Å². The highest BCUT2D eigenvalue weighted by molar-refractivity contribution is 5.85. The van der Waals surface area contributed by atoms with Crippen LogP contribution in [0.4, 0.5) is 0 Å². The fraction of sp³-hybridized carbons (Fsp3) is 0.562. The quantitative estimate of drug-likeness (QED) is 0.829. The summed E-state index contributed by atoms with van der Waals surface area (Å²) in [6, 6.07) is 10.8. The number of halogens is 2. The molecule has 0 spiro atoms. The molecule has 0 aliphatic carbocycles. The number of hydrogen-bond acceptors (Lipinski definition) is 3. The fourth-order valence-corrected chi connectivity index (χ4v) is 2.70. The molecule has 126 valence electrons. The van der Waals surface area contributed by atoms with E-state index in [-0.39, 0.29) is 30.7 Å². The zero-order valence-electron chi connectivity index (χ0n) is 13.1. The molecule has 1 saturated heterocycles. The number of carbonyl (C=O) groups excluding carboxylic acids is 1. The molecule has 22 heavy (non-hydrogen) atoms. The van der Waals surface area contributed by atoms with E-state index < -0.39 is 0 Å². The maximum atomic E-state index is 11.8. The average Bonchev–Trinajstić information content (AvgIpc) is 2.46. The first-order chi connectivity index (χ1) is 9.78. The summed E-state index contributed by atoms with van der Waals surface area (Å²) in [6.45, 7) is 3.80. The highest BCUT2D eigenvalue weighted by Gasteiger charge is 2.21. The van der Waals surface area contributed by atoms with Gasteiger partial charge in [0.15, 0.2) is 0 Å². The van der Waals surface area contributed by atoms with Crippen LogP contribution in [0.1, 0.15) is 24.8 Å². The van der Waals surface area contributed by atoms with Gasteiger partial charge in [0, 0.05) is 32.1 Å². The molecular formula is C16H27Cl2N3O. The summed E-state index contributed by atoms with van der Waals surface area (Å²) in [6.07, 6.45) is 2.81. The van der Waals surface area contributed by atoms with Gasteiger partial charge in [0.05, 0.1) is 0 Å². The van der Waals surface area contributed by atoms with E-state index in [1.54, 1.807) is 0 Å². The van der Waals surface area contributed by atoms with Crippen LogP contribution in [0.2, 0.25) is 0 Å². The van der Waals surface area contributed by atoms with Gasteiger partial charge >= 0.3 is 0 Å². The van der Waals surface area contributed by atoms with E-state index >= 15 is 0 Å². The number of piperidine rings is 1. The third-order valence-corrected chi connectivity index (χ3v) is 3.72. The Balaban J connectivity index is 0.00000220. The van der Waals surface area contributed by atoms with Crippen LogP contribution in [0.25, 0.3) is 0 Å². The number of benzene rings is 1. The van der Waals surface area contributed by atoms with Crippen molar-refractivity contribution in [1.82, 2.24) is 15.5 Å². The summed E-state index contributed by atoms with van der Waals surface area (Å²) in [7, 11) is 1.87. The summed E-state index contributed by atoms with van der Waals surface area (Å²) < 4.78 is 0. The lowest BCUT2D eigenvalue weighted by Crippen LogP contribution is -2.47. The number of carbonyl (C=O) groups is 1. The Kier molecular flexibility index (Phi) is 11.3. The molecule has 1 aromatic rings. The molecule has 1 aliphatic heterocycles. The number of rotatable bonds is 6. The highest BCUT2D eigenvalue weighted by Crippen LogP contribution is 2.13. The van der Waals surface area contributed by atoms with Crippen LogP contribution < -0.4 is 10.6 Å². The minimum atomic E-state index is 0. The standard InChI is InChI=1S/C16H25N3O.2ClH/c1-17-10-9-16(20)18-15-8-5-11-19(13-15)12-14-6-3-2-4-7-14;;/h2-4,6-7,15,17H,5,8-13H2,1H3,(H,18,20);2*1H. The topological polar surface area (TPSA) is 44.4 Å². The van der Waals surface area contributed by atoms with Crippen molar-refractivity contribution in [3.8, 4) is 0 Å². The van der Waals surface area contributed by atoms with E-state index in [0.29, 0.717) is 12.5 Å². The summed E-state index contributed by atoms with van der Waals surface area (Å²) in [5.41, 5.74) is 1.34. The minimum Gasteiger partial charge on any atom is -0.352 e. The van der Waals surface area contributed by atoms with Crippen molar-refractivity contribution in [2.24, 2.45) is 0 Å². The second-order valence-electron chi connectivity index (χ2n) is 5.48. The lowest BCUT2D eigenvalue weighted by molar-refractivity contribution is -0.122. The second-order valence-corrected chi connectivity index (χ2v) is 5.48. The predicted molar refractivity (Wildman–Crippen MR) is 95.9 cm³/mol. The van der Waals surface area contributed by atoms with E-state index in [9.17, 15) is 4.79 Å². The Bertz CT molecular complexity index is 417. The fourth-order valence-electron chi connectivity index (χ4n) is 2.70. The number of likely N-dealkylation sites (tertiary alicyclic amines) is 1. The van der Waals surface area contributed by atoms with Crippen LogP contribution in [-0.2, 0) is 11.3 Å². The Morgan fingerprint density at radius 1 is 1.27 bits per heavy atom. The lowest BCUT2D eigenvalue weighted by atomic mass is 10.0. The Hall–Kier alpha value is -0.810. The molecule has 2 N–H and O–H groups in total. The molecule has 2 rings (SSSR count). The van der Waals surface area contributed by atoms with Gasteiger partial charge in [-0.2, -0.15) is 0 Å². The number of nitrogens with one attached hydrogen (secondary N) is 2. The van der Waals surface area contributed by atoms with Gasteiger partial charge in [0.25, 0.3) is 0 Å². The monoisotopic (exact) mass is 347 g/mol. The van der Waals surface area contributed by atoms with Gasteiger partial charge < -0.3 is 10.6 Å². The number of nitrogens with zero attached hydrogens (tertiary/aromatic N) is 1. The molecule has 1 unspecified atom stereocenters. The minimum absolute atomic E-state index is 0. The maximum absolute atomic E-state index is 11.8. The van der Waals surface area contributed by atoms with Crippen molar-refractivity contribution >= 4 is 30.7 Å². The van der Waals surface area contributed by atoms with Gasteiger partial charge in [0.1, 0.15) is 0 Å². The smallest absolute Gasteiger partial charge is 0.221 e. The van der Waals surface area contributed by atoms with Crippen LogP contribution in [0.15, 0.2) is 30.3 Å². The van der Waals surface area contributed by atoms with Crippen molar-refractivity contribution < 1.29 is 4.79 Å². The Morgan fingerprint density at radius 3 is 2.68 bits per heavy atom. The van der Waals surface area contributed by atoms with Crippen molar-refractivity contribution in [1.29, 1.82) is 0 Å².